The summed E-state index contributed by atoms with van der Waals surface area (Å²) in [6.07, 6.45) is 6.35. The lowest BCUT2D eigenvalue weighted by Crippen LogP contribution is -2.20. The average molecular weight is 290 g/mol. The van der Waals surface area contributed by atoms with E-state index in [9.17, 15) is 0 Å². The van der Waals surface area contributed by atoms with Crippen LogP contribution in [0.1, 0.15) is 19.3 Å². The van der Waals surface area contributed by atoms with E-state index >= 15 is 0 Å². The van der Waals surface area contributed by atoms with Crippen molar-refractivity contribution in [2.24, 2.45) is 5.41 Å². The van der Waals surface area contributed by atoms with Crippen molar-refractivity contribution < 1.29 is 4.74 Å². The molecule has 9 nitrogen and oxygen atoms in total. The number of hydrogen-bond donors (Lipinski definition) is 2. The number of anilines is 2. The minimum Gasteiger partial charge on any atom is -0.385 e. The number of ether oxygens (including phenoxy) is 1. The Hall–Kier alpha value is -2.29. The van der Waals surface area contributed by atoms with Crippen LogP contribution in [0.2, 0.25) is 0 Å². The van der Waals surface area contributed by atoms with Gasteiger partial charge in [0.2, 0.25) is 11.9 Å². The monoisotopic (exact) mass is 290 g/mol. The summed E-state index contributed by atoms with van der Waals surface area (Å²) < 4.78 is 6.59. The van der Waals surface area contributed by atoms with Gasteiger partial charge in [-0.2, -0.15) is 24.7 Å². The van der Waals surface area contributed by atoms with Crippen molar-refractivity contribution in [2.75, 3.05) is 31.3 Å². The van der Waals surface area contributed by atoms with E-state index in [0.717, 1.165) is 19.6 Å². The molecule has 0 saturated heterocycles. The third-order valence-electron chi connectivity index (χ3n) is 3.68. The first-order chi connectivity index (χ1) is 10.2. The molecule has 0 radical (unpaired) electrons. The molecule has 3 rings (SSSR count). The molecule has 21 heavy (non-hydrogen) atoms. The highest BCUT2D eigenvalue weighted by Gasteiger charge is 2.41. The third kappa shape index (κ3) is 3.24. The Labute approximate surface area is 122 Å². The minimum atomic E-state index is 0.153. The average Bonchev–Trinajstić information content (AvgIpc) is 3.03. The molecule has 112 valence electrons. The van der Waals surface area contributed by atoms with Crippen molar-refractivity contribution in [2.45, 2.75) is 19.3 Å². The Balaban J connectivity index is 1.68. The van der Waals surface area contributed by atoms with Gasteiger partial charge in [-0.25, -0.2) is 4.98 Å². The van der Waals surface area contributed by atoms with E-state index in [1.807, 2.05) is 0 Å². The Bertz CT molecular complexity index is 595. The van der Waals surface area contributed by atoms with E-state index in [1.165, 1.54) is 30.2 Å². The van der Waals surface area contributed by atoms with Crippen molar-refractivity contribution in [3.05, 3.63) is 12.7 Å². The molecule has 1 aliphatic rings. The van der Waals surface area contributed by atoms with Gasteiger partial charge in [0.25, 0.3) is 5.95 Å². The van der Waals surface area contributed by atoms with E-state index in [4.69, 9.17) is 10.5 Å². The Morgan fingerprint density at radius 3 is 2.90 bits per heavy atom. The lowest BCUT2D eigenvalue weighted by atomic mass is 10.0. The summed E-state index contributed by atoms with van der Waals surface area (Å²) in [6, 6.07) is 0. The molecule has 2 aromatic heterocycles. The fourth-order valence-corrected chi connectivity index (χ4v) is 2.15. The largest absolute Gasteiger partial charge is 0.385 e. The topological polar surface area (TPSA) is 117 Å². The Morgan fingerprint density at radius 2 is 2.24 bits per heavy atom. The first-order valence-corrected chi connectivity index (χ1v) is 6.80. The fourth-order valence-electron chi connectivity index (χ4n) is 2.15. The summed E-state index contributed by atoms with van der Waals surface area (Å²) in [7, 11) is 1.72. The van der Waals surface area contributed by atoms with E-state index in [2.05, 4.69) is 30.4 Å². The molecule has 0 bridgehead atoms. The predicted octanol–water partition coefficient (Wildman–Crippen LogP) is 0.263. The molecule has 1 fully saturated rings. The van der Waals surface area contributed by atoms with Crippen LogP contribution in [0.5, 0.6) is 0 Å². The number of nitrogen functional groups attached to an aromatic ring is 1. The van der Waals surface area contributed by atoms with Crippen LogP contribution in [0, 0.1) is 5.41 Å². The van der Waals surface area contributed by atoms with Gasteiger partial charge < -0.3 is 15.8 Å². The highest BCUT2D eigenvalue weighted by molar-refractivity contribution is 5.35. The SMILES string of the molecule is COCCC1(CNc2nc(N)nc(-n3cncn3)n2)CC1. The Kier molecular flexibility index (Phi) is 3.65. The van der Waals surface area contributed by atoms with Gasteiger partial charge in [-0.3, -0.25) is 0 Å². The molecular weight excluding hydrogens is 272 g/mol. The van der Waals surface area contributed by atoms with Crippen LogP contribution in [-0.4, -0.2) is 50.0 Å². The summed E-state index contributed by atoms with van der Waals surface area (Å²) in [5.41, 5.74) is 6.01. The van der Waals surface area contributed by atoms with Crippen molar-refractivity contribution in [1.82, 2.24) is 29.7 Å². The van der Waals surface area contributed by atoms with Gasteiger partial charge in [0.15, 0.2) is 0 Å². The zero-order valence-electron chi connectivity index (χ0n) is 11.9. The summed E-state index contributed by atoms with van der Waals surface area (Å²) in [4.78, 5) is 16.3. The van der Waals surface area contributed by atoms with Gasteiger partial charge in [0.05, 0.1) is 0 Å². The molecule has 0 unspecified atom stereocenters. The molecule has 0 amide bonds. The van der Waals surface area contributed by atoms with Gasteiger partial charge in [-0.1, -0.05) is 0 Å². The van der Waals surface area contributed by atoms with E-state index in [1.54, 1.807) is 7.11 Å². The van der Waals surface area contributed by atoms with Crippen LogP contribution in [0.25, 0.3) is 5.95 Å². The molecular formula is C12H18N8O. The highest BCUT2D eigenvalue weighted by Crippen LogP contribution is 2.48. The zero-order valence-corrected chi connectivity index (χ0v) is 11.9. The number of aromatic nitrogens is 6. The number of nitrogens with zero attached hydrogens (tertiary/aromatic N) is 6. The maximum Gasteiger partial charge on any atom is 0.258 e. The number of nitrogens with one attached hydrogen (secondary N) is 1. The molecule has 0 atom stereocenters. The molecule has 2 aromatic rings. The fraction of sp³-hybridized carbons (Fsp3) is 0.583. The maximum absolute atomic E-state index is 5.72. The quantitative estimate of drug-likeness (QED) is 0.746. The standard InChI is InChI=1S/C12H18N8O/c1-21-5-4-12(2-3-12)6-15-10-17-9(13)18-11(19-10)20-8-14-7-16-20/h7-8H,2-6H2,1H3,(H3,13,15,17,18,19). The number of hydrogen-bond acceptors (Lipinski definition) is 8. The molecule has 3 N–H and O–H groups in total. The van der Waals surface area contributed by atoms with E-state index in [0.29, 0.717) is 17.3 Å². The molecule has 0 spiro atoms. The van der Waals surface area contributed by atoms with Gasteiger partial charge >= 0.3 is 0 Å². The second-order valence-electron chi connectivity index (χ2n) is 5.25. The normalized spacial score (nSPS) is 15.9. The smallest absolute Gasteiger partial charge is 0.258 e. The maximum atomic E-state index is 5.72. The van der Waals surface area contributed by atoms with Crippen LogP contribution in [0.4, 0.5) is 11.9 Å². The summed E-state index contributed by atoms with van der Waals surface area (Å²) in [5.74, 6) is 0.959. The van der Waals surface area contributed by atoms with Crippen LogP contribution in [0.15, 0.2) is 12.7 Å². The van der Waals surface area contributed by atoms with E-state index < -0.39 is 0 Å². The number of nitrogens with two attached hydrogens (primary N) is 1. The molecule has 0 aliphatic heterocycles. The van der Waals surface area contributed by atoms with Crippen LogP contribution in [0.3, 0.4) is 0 Å². The van der Waals surface area contributed by atoms with Gasteiger partial charge in [-0.05, 0) is 24.7 Å². The van der Waals surface area contributed by atoms with Gasteiger partial charge in [0, 0.05) is 20.3 Å². The summed E-state index contributed by atoms with van der Waals surface area (Å²) >= 11 is 0. The molecule has 1 saturated carbocycles. The molecule has 9 heteroatoms. The van der Waals surface area contributed by atoms with E-state index in [-0.39, 0.29) is 5.95 Å². The predicted molar refractivity (Wildman–Crippen MR) is 75.8 cm³/mol. The van der Waals surface area contributed by atoms with Crippen LogP contribution in [-0.2, 0) is 4.74 Å². The molecule has 0 aromatic carbocycles. The van der Waals surface area contributed by atoms with Gasteiger partial charge in [-0.15, -0.1) is 0 Å². The highest BCUT2D eigenvalue weighted by atomic mass is 16.5. The Morgan fingerprint density at radius 1 is 1.38 bits per heavy atom. The second-order valence-corrected chi connectivity index (χ2v) is 5.25. The lowest BCUT2D eigenvalue weighted by Gasteiger charge is -2.15. The van der Waals surface area contributed by atoms with Crippen molar-refractivity contribution in [3.63, 3.8) is 0 Å². The first kappa shape index (κ1) is 13.7. The van der Waals surface area contributed by atoms with Crippen LogP contribution >= 0.6 is 0 Å². The molecule has 2 heterocycles. The van der Waals surface area contributed by atoms with Crippen LogP contribution < -0.4 is 11.1 Å². The summed E-state index contributed by atoms with van der Waals surface area (Å²) in [5, 5.41) is 7.22. The van der Waals surface area contributed by atoms with Crippen molar-refractivity contribution in [1.29, 1.82) is 0 Å². The number of methoxy groups -OCH3 is 1. The first-order valence-electron chi connectivity index (χ1n) is 6.80. The van der Waals surface area contributed by atoms with Crippen molar-refractivity contribution >= 4 is 11.9 Å². The van der Waals surface area contributed by atoms with Crippen molar-refractivity contribution in [3.8, 4) is 5.95 Å². The minimum absolute atomic E-state index is 0.153. The third-order valence-corrected chi connectivity index (χ3v) is 3.68. The summed E-state index contributed by atoms with van der Waals surface area (Å²) in [6.45, 7) is 1.57. The number of rotatable bonds is 7. The second kappa shape index (κ2) is 5.60. The lowest BCUT2D eigenvalue weighted by molar-refractivity contribution is 0.174. The zero-order chi connectivity index (χ0) is 14.7. The van der Waals surface area contributed by atoms with Gasteiger partial charge in [0.1, 0.15) is 12.7 Å². The molecule has 1 aliphatic carbocycles.